The highest BCUT2D eigenvalue weighted by Crippen LogP contribution is 2.35. The van der Waals surface area contributed by atoms with Crippen molar-refractivity contribution < 1.29 is 19.1 Å². The Labute approximate surface area is 177 Å². The van der Waals surface area contributed by atoms with Crippen molar-refractivity contribution in [1.82, 2.24) is 5.32 Å². The molecule has 1 fully saturated rings. The van der Waals surface area contributed by atoms with Crippen molar-refractivity contribution in [2.75, 3.05) is 18.1 Å². The molecule has 1 unspecified atom stereocenters. The first kappa shape index (κ1) is 20.3. The van der Waals surface area contributed by atoms with Gasteiger partial charge in [0.15, 0.2) is 0 Å². The van der Waals surface area contributed by atoms with Gasteiger partial charge in [0.05, 0.1) is 6.61 Å². The number of anilines is 1. The maximum atomic E-state index is 12.7. The lowest BCUT2D eigenvalue weighted by Crippen LogP contribution is -2.35. The fourth-order valence-electron chi connectivity index (χ4n) is 4.06. The van der Waals surface area contributed by atoms with E-state index in [-0.39, 0.29) is 17.9 Å². The average molecular weight is 408 g/mol. The Morgan fingerprint density at radius 2 is 2.03 bits per heavy atom. The number of piperidine rings is 1. The summed E-state index contributed by atoms with van der Waals surface area (Å²) in [5.74, 6) is 1.64. The highest BCUT2D eigenvalue weighted by Gasteiger charge is 2.22. The van der Waals surface area contributed by atoms with E-state index in [4.69, 9.17) is 9.47 Å². The lowest BCUT2D eigenvalue weighted by atomic mass is 10.1. The van der Waals surface area contributed by atoms with Crippen molar-refractivity contribution in [1.29, 1.82) is 0 Å². The molecule has 2 aliphatic heterocycles. The topological polar surface area (TPSA) is 67.9 Å². The second-order valence-electron chi connectivity index (χ2n) is 7.87. The van der Waals surface area contributed by atoms with Gasteiger partial charge in [-0.05, 0) is 63.1 Å². The number of carbonyl (C=O) groups is 2. The molecule has 1 atom stereocenters. The van der Waals surface area contributed by atoms with Crippen LogP contribution in [0.4, 0.5) is 5.69 Å². The second kappa shape index (κ2) is 8.78. The first-order valence-corrected chi connectivity index (χ1v) is 10.7. The number of nitrogens with one attached hydrogen (secondary N) is 1. The molecule has 0 bridgehead atoms. The maximum Gasteiger partial charge on any atom is 0.251 e. The highest BCUT2D eigenvalue weighted by molar-refractivity contribution is 5.97. The van der Waals surface area contributed by atoms with Gasteiger partial charge in [0, 0.05) is 48.3 Å². The Kier molecular flexibility index (Phi) is 5.93. The van der Waals surface area contributed by atoms with Crippen LogP contribution in [0.1, 0.15) is 54.6 Å². The largest absolute Gasteiger partial charge is 0.494 e. The van der Waals surface area contributed by atoms with Gasteiger partial charge >= 0.3 is 0 Å². The van der Waals surface area contributed by atoms with Gasteiger partial charge in [0.1, 0.15) is 17.6 Å². The van der Waals surface area contributed by atoms with Gasteiger partial charge in [-0.15, -0.1) is 0 Å². The number of fused-ring (bicyclic) bond motifs is 1. The minimum Gasteiger partial charge on any atom is -0.494 e. The number of rotatable bonds is 6. The minimum atomic E-state index is -0.163. The summed E-state index contributed by atoms with van der Waals surface area (Å²) in [6.07, 6.45) is 3.58. The minimum absolute atomic E-state index is 0.148. The molecule has 2 aromatic rings. The molecule has 1 saturated heterocycles. The lowest BCUT2D eigenvalue weighted by molar-refractivity contribution is -0.119. The zero-order valence-corrected chi connectivity index (χ0v) is 17.6. The predicted octanol–water partition coefficient (Wildman–Crippen LogP) is 3.86. The Hall–Kier alpha value is -3.02. The molecule has 2 amide bonds. The third kappa shape index (κ3) is 4.27. The Morgan fingerprint density at radius 1 is 1.23 bits per heavy atom. The number of amides is 2. The number of carbonyl (C=O) groups excluding carboxylic acids is 2. The molecule has 6 heteroatoms. The number of hydrogen-bond acceptors (Lipinski definition) is 4. The summed E-state index contributed by atoms with van der Waals surface area (Å²) in [4.78, 5) is 26.5. The zero-order chi connectivity index (χ0) is 21.1. The average Bonchev–Trinajstić information content (AvgIpc) is 3.11. The van der Waals surface area contributed by atoms with E-state index in [0.717, 1.165) is 54.1 Å². The fraction of sp³-hybridized carbons (Fsp3) is 0.417. The number of hydrogen-bond donors (Lipinski definition) is 1. The Balaban J connectivity index is 1.43. The molecule has 0 aliphatic carbocycles. The molecule has 0 aromatic heterocycles. The third-order valence-electron chi connectivity index (χ3n) is 5.58. The van der Waals surface area contributed by atoms with Crippen molar-refractivity contribution in [2.24, 2.45) is 0 Å². The summed E-state index contributed by atoms with van der Waals surface area (Å²) in [7, 11) is 0. The van der Waals surface area contributed by atoms with Gasteiger partial charge in [0.2, 0.25) is 5.91 Å². The number of ether oxygens (including phenoxy) is 2. The van der Waals surface area contributed by atoms with Gasteiger partial charge in [-0.25, -0.2) is 0 Å². The van der Waals surface area contributed by atoms with Crippen molar-refractivity contribution in [3.63, 3.8) is 0 Å². The predicted molar refractivity (Wildman–Crippen MR) is 115 cm³/mol. The van der Waals surface area contributed by atoms with Crippen LogP contribution in [0.25, 0.3) is 0 Å². The van der Waals surface area contributed by atoms with E-state index in [0.29, 0.717) is 25.1 Å². The van der Waals surface area contributed by atoms with Crippen LogP contribution in [0, 0.1) is 0 Å². The van der Waals surface area contributed by atoms with Gasteiger partial charge in [-0.1, -0.05) is 0 Å². The third-order valence-corrected chi connectivity index (χ3v) is 5.58. The molecule has 2 aromatic carbocycles. The zero-order valence-electron chi connectivity index (χ0n) is 17.6. The molecule has 30 heavy (non-hydrogen) atoms. The Morgan fingerprint density at radius 3 is 2.77 bits per heavy atom. The molecule has 158 valence electrons. The van der Waals surface area contributed by atoms with Gasteiger partial charge in [-0.3, -0.25) is 9.59 Å². The van der Waals surface area contributed by atoms with E-state index in [1.807, 2.05) is 38.1 Å². The molecule has 2 heterocycles. The Bertz CT molecular complexity index is 939. The first-order chi connectivity index (χ1) is 14.5. The van der Waals surface area contributed by atoms with E-state index in [1.165, 1.54) is 0 Å². The van der Waals surface area contributed by atoms with Gasteiger partial charge in [0.25, 0.3) is 5.91 Å². The van der Waals surface area contributed by atoms with Crippen LogP contribution in [0.3, 0.4) is 0 Å². The second-order valence-corrected chi connectivity index (χ2v) is 7.87. The maximum absolute atomic E-state index is 12.7. The molecule has 0 spiro atoms. The van der Waals surface area contributed by atoms with Crippen molar-refractivity contribution in [2.45, 2.75) is 52.2 Å². The van der Waals surface area contributed by atoms with Crippen LogP contribution in [-0.4, -0.2) is 31.1 Å². The van der Waals surface area contributed by atoms with Crippen LogP contribution in [0.2, 0.25) is 0 Å². The van der Waals surface area contributed by atoms with E-state index in [9.17, 15) is 9.59 Å². The summed E-state index contributed by atoms with van der Waals surface area (Å²) in [5.41, 5.74) is 3.45. The molecule has 2 aliphatic rings. The SMILES string of the molecule is CCOc1cc2c(cc1CNC(=O)c1ccc(N3CCCCC3=O)cc1)OC(C)C2. The highest BCUT2D eigenvalue weighted by atomic mass is 16.5. The number of nitrogens with zero attached hydrogens (tertiary/aromatic N) is 1. The summed E-state index contributed by atoms with van der Waals surface area (Å²) >= 11 is 0. The van der Waals surface area contributed by atoms with Crippen LogP contribution in [-0.2, 0) is 17.8 Å². The molecular weight excluding hydrogens is 380 g/mol. The standard InChI is InChI=1S/C24H28N2O4/c1-3-29-21-13-18-12-16(2)30-22(18)14-19(21)15-25-24(28)17-7-9-20(10-8-17)26-11-5-4-6-23(26)27/h7-10,13-14,16H,3-6,11-12,15H2,1-2H3,(H,25,28). The van der Waals surface area contributed by atoms with E-state index >= 15 is 0 Å². The van der Waals surface area contributed by atoms with Crippen LogP contribution in [0.5, 0.6) is 11.5 Å². The molecule has 6 nitrogen and oxygen atoms in total. The summed E-state index contributed by atoms with van der Waals surface area (Å²) in [6, 6.07) is 11.2. The summed E-state index contributed by atoms with van der Waals surface area (Å²) in [6.45, 7) is 5.65. The normalized spacial score (nSPS) is 18.0. The van der Waals surface area contributed by atoms with Crippen LogP contribution < -0.4 is 19.7 Å². The smallest absolute Gasteiger partial charge is 0.251 e. The first-order valence-electron chi connectivity index (χ1n) is 10.7. The molecular formula is C24H28N2O4. The van der Waals surface area contributed by atoms with Crippen molar-refractivity contribution >= 4 is 17.5 Å². The van der Waals surface area contributed by atoms with E-state index in [1.54, 1.807) is 17.0 Å². The monoisotopic (exact) mass is 408 g/mol. The van der Waals surface area contributed by atoms with E-state index in [2.05, 4.69) is 5.32 Å². The van der Waals surface area contributed by atoms with Crippen LogP contribution in [0.15, 0.2) is 36.4 Å². The number of benzene rings is 2. The molecule has 0 saturated carbocycles. The van der Waals surface area contributed by atoms with Crippen molar-refractivity contribution in [3.05, 3.63) is 53.1 Å². The lowest BCUT2D eigenvalue weighted by Gasteiger charge is -2.26. The van der Waals surface area contributed by atoms with Gasteiger partial charge in [-0.2, -0.15) is 0 Å². The fourth-order valence-corrected chi connectivity index (χ4v) is 4.06. The summed E-state index contributed by atoms with van der Waals surface area (Å²) in [5, 5.41) is 2.97. The molecule has 0 radical (unpaired) electrons. The molecule has 1 N–H and O–H groups in total. The van der Waals surface area contributed by atoms with E-state index < -0.39 is 0 Å². The van der Waals surface area contributed by atoms with Gasteiger partial charge < -0.3 is 19.7 Å². The van der Waals surface area contributed by atoms with Crippen molar-refractivity contribution in [3.8, 4) is 11.5 Å². The molecule has 4 rings (SSSR count). The summed E-state index contributed by atoms with van der Waals surface area (Å²) < 4.78 is 11.6. The quantitative estimate of drug-likeness (QED) is 0.788. The van der Waals surface area contributed by atoms with Crippen LogP contribution >= 0.6 is 0 Å².